The number of rotatable bonds is 4. The Morgan fingerprint density at radius 2 is 2.35 bits per heavy atom. The van der Waals surface area contributed by atoms with Crippen molar-refractivity contribution in [2.45, 2.75) is 25.3 Å². The zero-order valence-electron chi connectivity index (χ0n) is 9.41. The molecule has 1 unspecified atom stereocenters. The minimum absolute atomic E-state index is 0.0697. The van der Waals surface area contributed by atoms with E-state index >= 15 is 0 Å². The van der Waals surface area contributed by atoms with Crippen molar-refractivity contribution in [1.29, 1.82) is 0 Å². The first-order valence-corrected chi connectivity index (χ1v) is 6.22. The normalized spacial score (nSPS) is 18.1. The highest BCUT2D eigenvalue weighted by Crippen LogP contribution is 2.25. The zero-order chi connectivity index (χ0) is 12.3. The zero-order valence-corrected chi connectivity index (χ0v) is 10.2. The highest BCUT2D eigenvalue weighted by atomic mass is 35.5. The SMILES string of the molecule is O=CC1CCc2cc(C(=O)CCCl)ccc2N1. The van der Waals surface area contributed by atoms with Gasteiger partial charge in [0.2, 0.25) is 0 Å². The Labute approximate surface area is 105 Å². The average Bonchev–Trinajstić information content (AvgIpc) is 2.37. The molecule has 0 fully saturated rings. The summed E-state index contributed by atoms with van der Waals surface area (Å²) >= 11 is 5.56. The lowest BCUT2D eigenvalue weighted by molar-refractivity contribution is -0.108. The molecule has 1 aliphatic heterocycles. The fourth-order valence-corrected chi connectivity index (χ4v) is 2.20. The van der Waals surface area contributed by atoms with E-state index in [9.17, 15) is 9.59 Å². The lowest BCUT2D eigenvalue weighted by atomic mass is 9.95. The van der Waals surface area contributed by atoms with Crippen LogP contribution in [0, 0.1) is 0 Å². The summed E-state index contributed by atoms with van der Waals surface area (Å²) < 4.78 is 0. The van der Waals surface area contributed by atoms with Crippen molar-refractivity contribution in [3.05, 3.63) is 29.3 Å². The Morgan fingerprint density at radius 3 is 3.06 bits per heavy atom. The molecule has 0 amide bonds. The van der Waals surface area contributed by atoms with E-state index < -0.39 is 0 Å². The summed E-state index contributed by atoms with van der Waals surface area (Å²) in [5, 5.41) is 3.14. The van der Waals surface area contributed by atoms with Crippen LogP contribution in [-0.4, -0.2) is 24.0 Å². The van der Waals surface area contributed by atoms with Gasteiger partial charge < -0.3 is 10.1 Å². The van der Waals surface area contributed by atoms with Gasteiger partial charge in [-0.3, -0.25) is 4.79 Å². The van der Waals surface area contributed by atoms with Crippen LogP contribution in [0.25, 0.3) is 0 Å². The van der Waals surface area contributed by atoms with E-state index in [1.807, 2.05) is 12.1 Å². The maximum absolute atomic E-state index is 11.7. The summed E-state index contributed by atoms with van der Waals surface area (Å²) in [5.41, 5.74) is 2.76. The smallest absolute Gasteiger partial charge is 0.164 e. The van der Waals surface area contributed by atoms with Crippen LogP contribution in [0.2, 0.25) is 0 Å². The van der Waals surface area contributed by atoms with Crippen LogP contribution in [0.4, 0.5) is 5.69 Å². The van der Waals surface area contributed by atoms with Gasteiger partial charge in [0.25, 0.3) is 0 Å². The summed E-state index contributed by atoms with van der Waals surface area (Å²) in [7, 11) is 0. The molecule has 0 spiro atoms. The van der Waals surface area contributed by atoms with Crippen LogP contribution in [0.1, 0.15) is 28.8 Å². The highest BCUT2D eigenvalue weighted by Gasteiger charge is 2.18. The molecular formula is C13H14ClNO2. The van der Waals surface area contributed by atoms with Crippen molar-refractivity contribution >= 4 is 29.4 Å². The van der Waals surface area contributed by atoms with Crippen LogP contribution in [0.5, 0.6) is 0 Å². The molecule has 0 aliphatic carbocycles. The Kier molecular flexibility index (Phi) is 3.79. The third-order valence-electron chi connectivity index (χ3n) is 2.98. The quantitative estimate of drug-likeness (QED) is 0.508. The molecule has 17 heavy (non-hydrogen) atoms. The summed E-state index contributed by atoms with van der Waals surface area (Å²) in [6.07, 6.45) is 2.90. The molecule has 1 aromatic carbocycles. The summed E-state index contributed by atoms with van der Waals surface area (Å²) in [6, 6.07) is 5.45. The molecule has 2 rings (SSSR count). The third-order valence-corrected chi connectivity index (χ3v) is 3.17. The number of nitrogens with one attached hydrogen (secondary N) is 1. The van der Waals surface area contributed by atoms with Gasteiger partial charge in [-0.2, -0.15) is 0 Å². The van der Waals surface area contributed by atoms with Crippen LogP contribution < -0.4 is 5.32 Å². The van der Waals surface area contributed by atoms with Crippen molar-refractivity contribution in [1.82, 2.24) is 0 Å². The van der Waals surface area contributed by atoms with E-state index in [-0.39, 0.29) is 11.8 Å². The molecule has 0 aromatic heterocycles. The van der Waals surface area contributed by atoms with Crippen molar-refractivity contribution in [3.8, 4) is 0 Å². The number of alkyl halides is 1. The van der Waals surface area contributed by atoms with Gasteiger partial charge in [-0.05, 0) is 36.6 Å². The lowest BCUT2D eigenvalue weighted by Gasteiger charge is -2.23. The number of benzene rings is 1. The number of ketones is 1. The van der Waals surface area contributed by atoms with Gasteiger partial charge in [-0.15, -0.1) is 11.6 Å². The molecule has 1 N–H and O–H groups in total. The Bertz CT molecular complexity index is 445. The van der Waals surface area contributed by atoms with E-state index in [1.165, 1.54) is 0 Å². The first-order valence-electron chi connectivity index (χ1n) is 5.68. The van der Waals surface area contributed by atoms with Gasteiger partial charge in [-0.25, -0.2) is 0 Å². The predicted molar refractivity (Wildman–Crippen MR) is 67.9 cm³/mol. The number of aryl methyl sites for hydroxylation is 1. The molecule has 0 saturated carbocycles. The Morgan fingerprint density at radius 1 is 1.53 bits per heavy atom. The third kappa shape index (κ3) is 2.67. The molecule has 0 radical (unpaired) electrons. The van der Waals surface area contributed by atoms with Crippen LogP contribution in [0.3, 0.4) is 0 Å². The summed E-state index contributed by atoms with van der Waals surface area (Å²) in [4.78, 5) is 22.4. The monoisotopic (exact) mass is 251 g/mol. The molecule has 1 atom stereocenters. The van der Waals surface area contributed by atoms with E-state index in [2.05, 4.69) is 5.32 Å². The maximum Gasteiger partial charge on any atom is 0.164 e. The molecule has 0 saturated heterocycles. The maximum atomic E-state index is 11.7. The van der Waals surface area contributed by atoms with Gasteiger partial charge in [-0.1, -0.05) is 0 Å². The second-order valence-corrected chi connectivity index (χ2v) is 4.54. The van der Waals surface area contributed by atoms with E-state index in [4.69, 9.17) is 11.6 Å². The topological polar surface area (TPSA) is 46.2 Å². The minimum Gasteiger partial charge on any atom is -0.375 e. The number of halogens is 1. The van der Waals surface area contributed by atoms with Gasteiger partial charge in [0, 0.05) is 23.6 Å². The minimum atomic E-state index is -0.105. The van der Waals surface area contributed by atoms with Crippen LogP contribution in [0.15, 0.2) is 18.2 Å². The van der Waals surface area contributed by atoms with Gasteiger partial charge in [0.1, 0.15) is 6.29 Å². The molecule has 1 heterocycles. The average molecular weight is 252 g/mol. The number of hydrogen-bond acceptors (Lipinski definition) is 3. The lowest BCUT2D eigenvalue weighted by Crippen LogP contribution is -2.26. The number of carbonyl (C=O) groups excluding carboxylic acids is 2. The van der Waals surface area contributed by atoms with Gasteiger partial charge in [0.05, 0.1) is 6.04 Å². The Hall–Kier alpha value is -1.35. The van der Waals surface area contributed by atoms with E-state index in [0.717, 1.165) is 30.4 Å². The summed E-state index contributed by atoms with van der Waals surface area (Å²) in [6.45, 7) is 0. The molecule has 1 aliphatic rings. The van der Waals surface area contributed by atoms with Gasteiger partial charge >= 0.3 is 0 Å². The van der Waals surface area contributed by atoms with Crippen LogP contribution in [-0.2, 0) is 11.2 Å². The fraction of sp³-hybridized carbons (Fsp3) is 0.385. The van der Waals surface area contributed by atoms with Crippen molar-refractivity contribution < 1.29 is 9.59 Å². The molecule has 90 valence electrons. The van der Waals surface area contributed by atoms with Crippen molar-refractivity contribution in [2.24, 2.45) is 0 Å². The van der Waals surface area contributed by atoms with Crippen molar-refractivity contribution in [3.63, 3.8) is 0 Å². The first-order chi connectivity index (χ1) is 8.24. The van der Waals surface area contributed by atoms with Crippen molar-refractivity contribution in [2.75, 3.05) is 11.2 Å². The molecule has 3 nitrogen and oxygen atoms in total. The molecule has 4 heteroatoms. The molecular weight excluding hydrogens is 238 g/mol. The number of hydrogen-bond donors (Lipinski definition) is 1. The highest BCUT2D eigenvalue weighted by molar-refractivity contribution is 6.19. The summed E-state index contributed by atoms with van der Waals surface area (Å²) in [5.74, 6) is 0.418. The number of fused-ring (bicyclic) bond motifs is 1. The fourth-order valence-electron chi connectivity index (χ4n) is 2.03. The number of anilines is 1. The van der Waals surface area contributed by atoms with E-state index in [1.54, 1.807) is 6.07 Å². The van der Waals surface area contributed by atoms with Gasteiger partial charge in [0.15, 0.2) is 5.78 Å². The predicted octanol–water partition coefficient (Wildman–Crippen LogP) is 2.42. The number of aldehydes is 1. The van der Waals surface area contributed by atoms with E-state index in [0.29, 0.717) is 17.9 Å². The standard InChI is InChI=1S/C13H14ClNO2/c14-6-5-13(17)10-2-4-12-9(7-10)1-3-11(8-16)15-12/h2,4,7-8,11,15H,1,3,5-6H2. The van der Waals surface area contributed by atoms with Crippen LogP contribution >= 0.6 is 11.6 Å². The second kappa shape index (κ2) is 5.32. The first kappa shape index (κ1) is 12.1. The number of carbonyl (C=O) groups is 2. The molecule has 0 bridgehead atoms. The second-order valence-electron chi connectivity index (χ2n) is 4.16. The largest absolute Gasteiger partial charge is 0.375 e. The molecule has 1 aromatic rings. The number of Topliss-reactive ketones (excluding diaryl/α,β-unsaturated/α-hetero) is 1. The Balaban J connectivity index is 2.21.